The van der Waals surface area contributed by atoms with Crippen molar-refractivity contribution in [2.45, 2.75) is 23.9 Å². The predicted octanol–water partition coefficient (Wildman–Crippen LogP) is 0.592. The molecule has 2 aromatic rings. The molecule has 0 bridgehead atoms. The van der Waals surface area contributed by atoms with E-state index in [-0.39, 0.29) is 61.1 Å². The number of carbonyl (C=O) groups is 1. The molecule has 1 amide bonds. The van der Waals surface area contributed by atoms with Gasteiger partial charge in [-0.1, -0.05) is 36.4 Å². The second-order valence-electron chi connectivity index (χ2n) is 8.51. The summed E-state index contributed by atoms with van der Waals surface area (Å²) in [5.41, 5.74) is 7.06. The summed E-state index contributed by atoms with van der Waals surface area (Å²) in [6, 6.07) is 14.2. The van der Waals surface area contributed by atoms with Crippen molar-refractivity contribution in [3.8, 4) is 0 Å². The van der Waals surface area contributed by atoms with Gasteiger partial charge in [-0.25, -0.2) is 21.8 Å². The van der Waals surface area contributed by atoms with E-state index in [0.717, 1.165) is 5.56 Å². The lowest BCUT2D eigenvalue weighted by molar-refractivity contribution is -0.136. The number of sulfonamides is 1. The number of piperidine rings is 1. The number of benzene rings is 1. The fourth-order valence-corrected chi connectivity index (χ4v) is 7.14. The molecule has 0 radical (unpaired) electrons. The SMILES string of the molecule is NCc1cccc(S(=O)(=O)N2C[C@@H](C(=O)N3CCS(=O)(=O)CC3)C[C@H](c3ccccc3)C2)n1. The van der Waals surface area contributed by atoms with Crippen molar-refractivity contribution in [2.75, 3.05) is 37.7 Å². The maximum atomic E-state index is 13.5. The average molecular weight is 493 g/mol. The van der Waals surface area contributed by atoms with Gasteiger partial charge in [-0.05, 0) is 30.0 Å². The van der Waals surface area contributed by atoms with E-state index in [2.05, 4.69) is 4.98 Å². The summed E-state index contributed by atoms with van der Waals surface area (Å²) in [6.45, 7) is 0.664. The van der Waals surface area contributed by atoms with Gasteiger partial charge in [-0.2, -0.15) is 4.31 Å². The van der Waals surface area contributed by atoms with Crippen molar-refractivity contribution < 1.29 is 21.6 Å². The van der Waals surface area contributed by atoms with Crippen molar-refractivity contribution >= 4 is 25.8 Å². The minimum absolute atomic E-state index is 0.0300. The lowest BCUT2D eigenvalue weighted by Gasteiger charge is -2.39. The van der Waals surface area contributed by atoms with Crippen LogP contribution in [0.5, 0.6) is 0 Å². The van der Waals surface area contributed by atoms with Crippen LogP contribution in [0, 0.1) is 5.92 Å². The number of aromatic nitrogens is 1. The zero-order chi connectivity index (χ0) is 23.6. The Morgan fingerprint density at radius 2 is 1.73 bits per heavy atom. The lowest BCUT2D eigenvalue weighted by Crippen LogP contribution is -2.52. The Morgan fingerprint density at radius 1 is 1.03 bits per heavy atom. The number of nitrogens with zero attached hydrogens (tertiary/aromatic N) is 3. The van der Waals surface area contributed by atoms with Crippen molar-refractivity contribution in [2.24, 2.45) is 11.7 Å². The maximum absolute atomic E-state index is 13.5. The van der Waals surface area contributed by atoms with Gasteiger partial charge in [-0.15, -0.1) is 0 Å². The molecule has 9 nitrogen and oxygen atoms in total. The summed E-state index contributed by atoms with van der Waals surface area (Å²) in [7, 11) is -7.08. The molecule has 0 saturated carbocycles. The third-order valence-electron chi connectivity index (χ3n) is 6.29. The highest BCUT2D eigenvalue weighted by Crippen LogP contribution is 2.34. The fourth-order valence-electron chi connectivity index (χ4n) is 4.44. The highest BCUT2D eigenvalue weighted by atomic mass is 32.2. The summed E-state index contributed by atoms with van der Waals surface area (Å²) in [5, 5.41) is -0.0885. The third kappa shape index (κ3) is 5.26. The Balaban J connectivity index is 1.63. The molecular weight excluding hydrogens is 464 g/mol. The quantitative estimate of drug-likeness (QED) is 0.646. The van der Waals surface area contributed by atoms with Gasteiger partial charge < -0.3 is 10.6 Å². The minimum Gasteiger partial charge on any atom is -0.340 e. The molecule has 2 saturated heterocycles. The Bertz CT molecular complexity index is 1200. The summed E-state index contributed by atoms with van der Waals surface area (Å²) >= 11 is 0. The van der Waals surface area contributed by atoms with Crippen LogP contribution >= 0.6 is 0 Å². The molecule has 2 N–H and O–H groups in total. The second kappa shape index (κ2) is 9.49. The highest BCUT2D eigenvalue weighted by molar-refractivity contribution is 7.91. The first-order chi connectivity index (χ1) is 15.7. The van der Waals surface area contributed by atoms with E-state index in [4.69, 9.17) is 5.73 Å². The van der Waals surface area contributed by atoms with Gasteiger partial charge in [-0.3, -0.25) is 4.79 Å². The van der Waals surface area contributed by atoms with E-state index in [9.17, 15) is 21.6 Å². The third-order valence-corrected chi connectivity index (χ3v) is 9.63. The van der Waals surface area contributed by atoms with Crippen LogP contribution in [0.1, 0.15) is 23.6 Å². The zero-order valence-electron chi connectivity index (χ0n) is 18.2. The molecule has 1 aromatic carbocycles. The molecule has 2 aliphatic rings. The normalized spacial score (nSPS) is 23.8. The molecule has 2 aliphatic heterocycles. The maximum Gasteiger partial charge on any atom is 0.260 e. The van der Waals surface area contributed by atoms with E-state index in [1.807, 2.05) is 30.3 Å². The molecule has 1 aromatic heterocycles. The highest BCUT2D eigenvalue weighted by Gasteiger charge is 2.40. The van der Waals surface area contributed by atoms with E-state index in [1.54, 1.807) is 17.0 Å². The summed E-state index contributed by atoms with van der Waals surface area (Å²) in [6.07, 6.45) is 0.494. The number of rotatable bonds is 5. The Kier molecular flexibility index (Phi) is 6.85. The van der Waals surface area contributed by atoms with Crippen molar-refractivity contribution in [3.63, 3.8) is 0 Å². The number of hydrogen-bond donors (Lipinski definition) is 1. The van der Waals surface area contributed by atoms with Crippen molar-refractivity contribution in [1.82, 2.24) is 14.2 Å². The van der Waals surface area contributed by atoms with E-state index >= 15 is 0 Å². The number of sulfone groups is 1. The molecular formula is C22H28N4O5S2. The van der Waals surface area contributed by atoms with Crippen LogP contribution in [0.3, 0.4) is 0 Å². The van der Waals surface area contributed by atoms with E-state index < -0.39 is 25.8 Å². The molecule has 2 fully saturated rings. The monoisotopic (exact) mass is 492 g/mol. The predicted molar refractivity (Wildman–Crippen MR) is 123 cm³/mol. The number of carbonyl (C=O) groups excluding carboxylic acids is 1. The molecule has 11 heteroatoms. The smallest absolute Gasteiger partial charge is 0.260 e. The summed E-state index contributed by atoms with van der Waals surface area (Å²) < 4.78 is 51.9. The van der Waals surface area contributed by atoms with E-state index in [0.29, 0.717) is 12.1 Å². The van der Waals surface area contributed by atoms with Crippen molar-refractivity contribution in [1.29, 1.82) is 0 Å². The van der Waals surface area contributed by atoms with Crippen LogP contribution in [0.4, 0.5) is 0 Å². The van der Waals surface area contributed by atoms with Gasteiger partial charge in [0.2, 0.25) is 5.91 Å². The van der Waals surface area contributed by atoms with Gasteiger partial charge in [0.15, 0.2) is 14.9 Å². The number of hydrogen-bond acceptors (Lipinski definition) is 7. The largest absolute Gasteiger partial charge is 0.340 e. The Labute approximate surface area is 194 Å². The second-order valence-corrected chi connectivity index (χ2v) is 12.7. The Morgan fingerprint density at radius 3 is 2.39 bits per heavy atom. The van der Waals surface area contributed by atoms with Crippen LogP contribution in [-0.2, 0) is 31.2 Å². The summed E-state index contributed by atoms with van der Waals surface area (Å²) in [5.74, 6) is -1.07. The number of nitrogens with two attached hydrogens (primary N) is 1. The van der Waals surface area contributed by atoms with Crippen LogP contribution in [-0.4, -0.2) is 74.6 Å². The van der Waals surface area contributed by atoms with Gasteiger partial charge in [0.25, 0.3) is 10.0 Å². The molecule has 4 rings (SSSR count). The molecule has 2 atom stereocenters. The number of pyridine rings is 1. The fraction of sp³-hybridized carbons (Fsp3) is 0.455. The zero-order valence-corrected chi connectivity index (χ0v) is 19.8. The van der Waals surface area contributed by atoms with E-state index in [1.165, 1.54) is 10.4 Å². The van der Waals surface area contributed by atoms with Gasteiger partial charge >= 0.3 is 0 Å². The molecule has 0 spiro atoms. The van der Waals surface area contributed by atoms with Crippen LogP contribution in [0.15, 0.2) is 53.6 Å². The Hall–Kier alpha value is -2.34. The van der Waals surface area contributed by atoms with Crippen LogP contribution < -0.4 is 5.73 Å². The van der Waals surface area contributed by atoms with Crippen LogP contribution in [0.2, 0.25) is 0 Å². The molecule has 33 heavy (non-hydrogen) atoms. The van der Waals surface area contributed by atoms with Gasteiger partial charge in [0.05, 0.1) is 23.1 Å². The first-order valence-electron chi connectivity index (χ1n) is 10.9. The number of amides is 1. The van der Waals surface area contributed by atoms with Gasteiger partial charge in [0, 0.05) is 32.7 Å². The first-order valence-corrected chi connectivity index (χ1v) is 14.2. The van der Waals surface area contributed by atoms with Crippen LogP contribution in [0.25, 0.3) is 0 Å². The van der Waals surface area contributed by atoms with Crippen molar-refractivity contribution in [3.05, 3.63) is 59.8 Å². The first kappa shape index (κ1) is 23.8. The average Bonchev–Trinajstić information content (AvgIpc) is 2.84. The molecule has 178 valence electrons. The summed E-state index contributed by atoms with van der Waals surface area (Å²) in [4.78, 5) is 19.1. The lowest BCUT2D eigenvalue weighted by atomic mass is 9.85. The van der Waals surface area contributed by atoms with Gasteiger partial charge in [0.1, 0.15) is 0 Å². The molecule has 3 heterocycles. The minimum atomic E-state index is -3.95. The topological polar surface area (TPSA) is 131 Å². The standard InChI is InChI=1S/C22H28N4O5S2/c23-14-20-7-4-8-21(24-20)33(30,31)26-15-18(17-5-2-1-3-6-17)13-19(16-26)22(27)25-9-11-32(28,29)12-10-25/h1-8,18-19H,9-16,23H2/t18-,19-/m0/s1. The molecule has 0 unspecified atom stereocenters. The molecule has 0 aliphatic carbocycles.